The second-order valence-electron chi connectivity index (χ2n) is 8.98. The van der Waals surface area contributed by atoms with Crippen molar-refractivity contribution in [2.45, 2.75) is 46.2 Å². The summed E-state index contributed by atoms with van der Waals surface area (Å²) in [7, 11) is 3.40. The Bertz CT molecular complexity index is 1250. The number of hydrogen-bond donors (Lipinski definition) is 4. The third-order valence-corrected chi connectivity index (χ3v) is 6.02. The Morgan fingerprint density at radius 2 is 2.00 bits per heavy atom. The van der Waals surface area contributed by atoms with E-state index >= 15 is 0 Å². The van der Waals surface area contributed by atoms with Gasteiger partial charge in [-0.1, -0.05) is 26.0 Å². The zero-order chi connectivity index (χ0) is 27.9. The summed E-state index contributed by atoms with van der Waals surface area (Å²) in [5.74, 6) is 1.36. The monoisotopic (exact) mass is 525 g/mol. The topological polar surface area (TPSA) is 134 Å². The second-order valence-corrected chi connectivity index (χ2v) is 8.98. The quantitative estimate of drug-likeness (QED) is 0.170. The molecule has 0 radical (unpaired) electrons. The van der Waals surface area contributed by atoms with Crippen molar-refractivity contribution in [1.29, 1.82) is 0 Å². The number of aryl methyl sites for hydroxylation is 1. The molecule has 2 aliphatic rings. The lowest BCUT2D eigenvalue weighted by Crippen LogP contribution is -2.40. The van der Waals surface area contributed by atoms with Crippen molar-refractivity contribution >= 4 is 23.9 Å². The summed E-state index contributed by atoms with van der Waals surface area (Å²) in [5, 5.41) is 4.81. The summed E-state index contributed by atoms with van der Waals surface area (Å²) < 4.78 is 10.9. The van der Waals surface area contributed by atoms with Crippen LogP contribution in [0.1, 0.15) is 60.2 Å². The van der Waals surface area contributed by atoms with Gasteiger partial charge < -0.3 is 19.4 Å². The van der Waals surface area contributed by atoms with Gasteiger partial charge in [-0.2, -0.15) is 10.4 Å². The number of nitrogens with one attached hydrogen (secondary N) is 4. The van der Waals surface area contributed by atoms with Crippen molar-refractivity contribution in [2.75, 3.05) is 20.7 Å². The van der Waals surface area contributed by atoms with Gasteiger partial charge in [-0.3, -0.25) is 14.9 Å². The highest BCUT2D eigenvalue weighted by molar-refractivity contribution is 6.06. The Morgan fingerprint density at radius 3 is 2.63 bits per heavy atom. The molecule has 11 nitrogen and oxygen atoms in total. The molecule has 1 atom stereocenters. The number of carbonyl (C=O) groups is 3. The average molecular weight is 526 g/mol. The van der Waals surface area contributed by atoms with E-state index < -0.39 is 17.5 Å². The first-order valence-corrected chi connectivity index (χ1v) is 12.3. The van der Waals surface area contributed by atoms with E-state index in [2.05, 4.69) is 21.6 Å². The minimum absolute atomic E-state index is 0.0777. The minimum Gasteiger partial charge on any atom is -0.497 e. The third kappa shape index (κ3) is 6.42. The van der Waals surface area contributed by atoms with Crippen LogP contribution in [-0.2, 0) is 21.8 Å². The van der Waals surface area contributed by atoms with Crippen molar-refractivity contribution in [3.63, 3.8) is 0 Å². The first kappa shape index (κ1) is 28.5. The molecule has 0 aliphatic carbocycles. The number of urea groups is 1. The van der Waals surface area contributed by atoms with Gasteiger partial charge in [0.25, 0.3) is 11.8 Å². The Hall–Kier alpha value is -4.09. The molecule has 1 aromatic heterocycles. The maximum absolute atomic E-state index is 12.0. The lowest BCUT2D eigenvalue weighted by Gasteiger charge is -2.16. The fourth-order valence-corrected chi connectivity index (χ4v) is 3.87. The number of hydrogen-bond acceptors (Lipinski definition) is 8. The Balaban J connectivity index is 0.000000256. The number of allylic oxidation sites excluding steroid dienone is 2. The molecule has 2 aromatic rings. The predicted molar refractivity (Wildman–Crippen MR) is 142 cm³/mol. The standard InChI is InChI=1S/C17H24N4O4.C10H11NO2/c1-5-7-12(21-25-18-6-2)8-9-13-11(3)10-14(24-13)17(4)15(22)19-16(23)20-17;1-11-6-7-3-4-8(13-2)5-9(7)10(11)12/h7-10,18,21H,5-6H2,1-4H3,(H2,19,20,22,23);3-5H,6H2,1-2H3/b9-8-,12-7-;. The van der Waals surface area contributed by atoms with Crippen LogP contribution in [0.25, 0.3) is 6.08 Å². The average Bonchev–Trinajstić information content (AvgIpc) is 3.50. The molecule has 3 heterocycles. The van der Waals surface area contributed by atoms with Gasteiger partial charge in [-0.15, -0.1) is 0 Å². The molecule has 4 rings (SSSR count). The number of ether oxygens (including phenoxy) is 1. The fourth-order valence-electron chi connectivity index (χ4n) is 3.87. The summed E-state index contributed by atoms with van der Waals surface area (Å²) in [4.78, 5) is 41.7. The lowest BCUT2D eigenvalue weighted by molar-refractivity contribution is -0.124. The number of fused-ring (bicyclic) bond motifs is 1. The van der Waals surface area contributed by atoms with Crippen LogP contribution in [0.2, 0.25) is 0 Å². The van der Waals surface area contributed by atoms with Gasteiger partial charge in [0, 0.05) is 25.7 Å². The van der Waals surface area contributed by atoms with Gasteiger partial charge in [-0.25, -0.2) is 10.3 Å². The molecule has 1 unspecified atom stereocenters. The van der Waals surface area contributed by atoms with Crippen LogP contribution in [0.3, 0.4) is 0 Å². The maximum atomic E-state index is 12.0. The highest BCUT2D eigenvalue weighted by atomic mass is 16.8. The van der Waals surface area contributed by atoms with Gasteiger partial charge in [-0.05, 0) is 61.7 Å². The smallest absolute Gasteiger partial charge is 0.322 e. The van der Waals surface area contributed by atoms with Gasteiger partial charge in [0.2, 0.25) is 0 Å². The van der Waals surface area contributed by atoms with Crippen LogP contribution >= 0.6 is 0 Å². The van der Waals surface area contributed by atoms with Gasteiger partial charge in [0.1, 0.15) is 17.3 Å². The van der Waals surface area contributed by atoms with E-state index in [0.29, 0.717) is 24.6 Å². The predicted octanol–water partition coefficient (Wildman–Crippen LogP) is 3.28. The molecule has 11 heteroatoms. The molecule has 0 spiro atoms. The highest BCUT2D eigenvalue weighted by Gasteiger charge is 2.46. The molecule has 4 N–H and O–H groups in total. The van der Waals surface area contributed by atoms with E-state index in [9.17, 15) is 14.4 Å². The Morgan fingerprint density at radius 1 is 1.24 bits per heavy atom. The first-order valence-electron chi connectivity index (χ1n) is 12.3. The van der Waals surface area contributed by atoms with Crippen molar-refractivity contribution in [1.82, 2.24) is 26.5 Å². The molecule has 0 bridgehead atoms. The zero-order valence-electron chi connectivity index (χ0n) is 22.6. The van der Waals surface area contributed by atoms with E-state index in [0.717, 1.165) is 34.6 Å². The fraction of sp³-hybridized carbons (Fsp3) is 0.370. The number of benzene rings is 1. The van der Waals surface area contributed by atoms with E-state index in [1.54, 1.807) is 44.2 Å². The number of furan rings is 1. The van der Waals surface area contributed by atoms with Crippen molar-refractivity contribution in [3.8, 4) is 5.75 Å². The van der Waals surface area contributed by atoms with Gasteiger partial charge in [0.05, 0.1) is 12.8 Å². The molecule has 0 saturated carbocycles. The summed E-state index contributed by atoms with van der Waals surface area (Å²) in [6, 6.07) is 6.83. The Labute approximate surface area is 222 Å². The van der Waals surface area contributed by atoms with Crippen molar-refractivity contribution in [3.05, 3.63) is 70.3 Å². The van der Waals surface area contributed by atoms with Gasteiger partial charge >= 0.3 is 6.03 Å². The summed E-state index contributed by atoms with van der Waals surface area (Å²) in [6.45, 7) is 8.79. The number of imide groups is 1. The van der Waals surface area contributed by atoms with Crippen LogP contribution in [-0.4, -0.2) is 43.4 Å². The molecule has 1 fully saturated rings. The van der Waals surface area contributed by atoms with Crippen LogP contribution in [0.15, 0.2) is 46.5 Å². The van der Waals surface area contributed by atoms with E-state index in [1.807, 2.05) is 45.1 Å². The second kappa shape index (κ2) is 12.4. The largest absolute Gasteiger partial charge is 0.497 e. The molecule has 1 saturated heterocycles. The number of nitrogens with zero attached hydrogens (tertiary/aromatic N) is 1. The zero-order valence-corrected chi connectivity index (χ0v) is 22.6. The summed E-state index contributed by atoms with van der Waals surface area (Å²) in [6.07, 6.45) is 6.38. The molecule has 2 aliphatic heterocycles. The van der Waals surface area contributed by atoms with Gasteiger partial charge in [0.15, 0.2) is 5.54 Å². The van der Waals surface area contributed by atoms with E-state index in [1.165, 1.54) is 0 Å². The van der Waals surface area contributed by atoms with Crippen LogP contribution < -0.4 is 26.3 Å². The van der Waals surface area contributed by atoms with E-state index in [4.69, 9.17) is 14.1 Å². The van der Waals surface area contributed by atoms with Crippen LogP contribution in [0.5, 0.6) is 5.75 Å². The van der Waals surface area contributed by atoms with Crippen LogP contribution in [0, 0.1) is 6.92 Å². The number of rotatable bonds is 9. The van der Waals surface area contributed by atoms with E-state index in [-0.39, 0.29) is 5.91 Å². The summed E-state index contributed by atoms with van der Waals surface area (Å²) >= 11 is 0. The molecule has 1 aromatic carbocycles. The first-order chi connectivity index (χ1) is 18.1. The Kier molecular flexibility index (Phi) is 9.32. The lowest BCUT2D eigenvalue weighted by atomic mass is 9.99. The minimum atomic E-state index is -1.21. The highest BCUT2D eigenvalue weighted by Crippen LogP contribution is 2.29. The SMILES string of the molecule is CC/C=C(/C=C\c1oc(C2(C)NC(=O)NC2=O)cc1C)NONCC.COc1ccc2c(c1)C(=O)N(C)C2. The number of methoxy groups -OCH3 is 1. The number of amides is 4. The maximum Gasteiger partial charge on any atom is 0.322 e. The summed E-state index contributed by atoms with van der Waals surface area (Å²) in [5.41, 5.74) is 7.75. The molecular weight excluding hydrogens is 490 g/mol. The molecule has 38 heavy (non-hydrogen) atoms. The third-order valence-electron chi connectivity index (χ3n) is 6.02. The molecular formula is C27H35N5O6. The van der Waals surface area contributed by atoms with Crippen LogP contribution in [0.4, 0.5) is 4.79 Å². The molecule has 204 valence electrons. The van der Waals surface area contributed by atoms with Crippen molar-refractivity contribution in [2.24, 2.45) is 0 Å². The molecule has 4 amide bonds. The normalized spacial score (nSPS) is 18.7. The number of hydroxylamine groups is 2. The van der Waals surface area contributed by atoms with Crippen molar-refractivity contribution < 1.29 is 28.5 Å². The number of carbonyl (C=O) groups excluding carboxylic acids is 3.